The van der Waals surface area contributed by atoms with Gasteiger partial charge in [-0.05, 0) is 55.7 Å². The second-order valence-electron chi connectivity index (χ2n) is 7.59. The van der Waals surface area contributed by atoms with Gasteiger partial charge in [-0.1, -0.05) is 6.07 Å². The summed E-state index contributed by atoms with van der Waals surface area (Å²) in [6.07, 6.45) is 6.85. The molecule has 0 spiro atoms. The fraction of sp³-hybridized carbons (Fsp3) is 0.667. The molecule has 1 heterocycles. The summed E-state index contributed by atoms with van der Waals surface area (Å²) < 4.78 is 5.17. The second kappa shape index (κ2) is 9.95. The van der Waals surface area contributed by atoms with E-state index in [2.05, 4.69) is 26.6 Å². The van der Waals surface area contributed by atoms with Gasteiger partial charge in [0.25, 0.3) is 0 Å². The lowest BCUT2D eigenvalue weighted by molar-refractivity contribution is 0.128. The number of aryl methyl sites for hydroxylation is 1. The predicted octanol–water partition coefficient (Wildman–Crippen LogP) is 2.05. The first kappa shape index (κ1) is 20.0. The lowest BCUT2D eigenvalue weighted by Gasteiger charge is -2.33. The maximum Gasteiger partial charge on any atom is 0.191 e. The number of nitrogens with one attached hydrogen (secondary N) is 2. The molecule has 1 aromatic rings. The highest BCUT2D eigenvalue weighted by molar-refractivity contribution is 5.80. The molecule has 6 nitrogen and oxygen atoms in total. The molecule has 0 atom stereocenters. The zero-order valence-corrected chi connectivity index (χ0v) is 16.8. The lowest BCUT2D eigenvalue weighted by Crippen LogP contribution is -2.49. The molecule has 0 saturated carbocycles. The van der Waals surface area contributed by atoms with Gasteiger partial charge in [0.15, 0.2) is 5.96 Å². The zero-order valence-electron chi connectivity index (χ0n) is 16.8. The molecule has 0 aromatic heterocycles. The quantitative estimate of drug-likeness (QED) is 0.525. The topological polar surface area (TPSA) is 69.1 Å². The number of rotatable bonds is 6. The number of benzene rings is 1. The van der Waals surface area contributed by atoms with Crippen LogP contribution in [0.3, 0.4) is 0 Å². The number of hydrogen-bond donors (Lipinski definition) is 3. The van der Waals surface area contributed by atoms with E-state index in [0.717, 1.165) is 63.4 Å². The van der Waals surface area contributed by atoms with Crippen LogP contribution < -0.4 is 10.6 Å². The van der Waals surface area contributed by atoms with Gasteiger partial charge in [0.2, 0.25) is 0 Å². The Balaban J connectivity index is 1.52. The summed E-state index contributed by atoms with van der Waals surface area (Å²) in [7, 11) is 3.56. The third-order valence-electron chi connectivity index (χ3n) is 5.82. The van der Waals surface area contributed by atoms with Crippen LogP contribution in [-0.4, -0.2) is 62.4 Å². The Morgan fingerprint density at radius 2 is 2.04 bits per heavy atom. The summed E-state index contributed by atoms with van der Waals surface area (Å²) in [4.78, 5) is 6.84. The van der Waals surface area contributed by atoms with Crippen molar-refractivity contribution in [1.82, 2.24) is 15.5 Å². The van der Waals surface area contributed by atoms with E-state index in [1.165, 1.54) is 24.0 Å². The van der Waals surface area contributed by atoms with Crippen molar-refractivity contribution in [2.45, 2.75) is 51.1 Å². The van der Waals surface area contributed by atoms with Gasteiger partial charge >= 0.3 is 0 Å². The summed E-state index contributed by atoms with van der Waals surface area (Å²) in [5.74, 6) is 1.21. The van der Waals surface area contributed by atoms with Gasteiger partial charge in [-0.3, -0.25) is 4.99 Å². The highest BCUT2D eigenvalue weighted by Crippen LogP contribution is 2.30. The molecule has 6 heteroatoms. The smallest absolute Gasteiger partial charge is 0.191 e. The van der Waals surface area contributed by atoms with Gasteiger partial charge < -0.3 is 25.4 Å². The van der Waals surface area contributed by atoms with Gasteiger partial charge in [-0.15, -0.1) is 0 Å². The van der Waals surface area contributed by atoms with Crippen LogP contribution in [-0.2, 0) is 24.1 Å². The number of aliphatic imine (C=N–C) groups is 1. The van der Waals surface area contributed by atoms with E-state index in [4.69, 9.17) is 4.74 Å². The lowest BCUT2D eigenvalue weighted by atomic mass is 9.88. The van der Waals surface area contributed by atoms with Crippen molar-refractivity contribution >= 4 is 5.96 Å². The molecule has 1 aliphatic carbocycles. The molecular formula is C21H34N4O2. The molecule has 0 radical (unpaired) electrons. The highest BCUT2D eigenvalue weighted by atomic mass is 16.5. The molecule has 3 N–H and O–H groups in total. The standard InChI is InChI=1S/C21H34N4O2/c1-22-21(24-17-9-11-25(12-10-17)13-14-27-2)23-15-19-18-6-4-3-5-16(18)7-8-20(19)26/h7-8,17,26H,3-6,9-15H2,1-2H3,(H2,22,23,24). The summed E-state index contributed by atoms with van der Waals surface area (Å²) >= 11 is 0. The van der Waals surface area contributed by atoms with Crippen LogP contribution in [0.2, 0.25) is 0 Å². The van der Waals surface area contributed by atoms with Crippen molar-refractivity contribution in [3.05, 3.63) is 28.8 Å². The fourth-order valence-electron chi connectivity index (χ4n) is 4.17. The molecular weight excluding hydrogens is 340 g/mol. The number of guanidine groups is 1. The van der Waals surface area contributed by atoms with Crippen LogP contribution in [0.25, 0.3) is 0 Å². The van der Waals surface area contributed by atoms with Crippen molar-refractivity contribution < 1.29 is 9.84 Å². The minimum atomic E-state index is 0.394. The van der Waals surface area contributed by atoms with Crippen molar-refractivity contribution in [2.75, 3.05) is 40.4 Å². The number of likely N-dealkylation sites (tertiary alicyclic amines) is 1. The fourth-order valence-corrected chi connectivity index (χ4v) is 4.17. The first-order valence-electron chi connectivity index (χ1n) is 10.2. The van der Waals surface area contributed by atoms with E-state index in [9.17, 15) is 5.11 Å². The minimum absolute atomic E-state index is 0.394. The third-order valence-corrected chi connectivity index (χ3v) is 5.82. The minimum Gasteiger partial charge on any atom is -0.508 e. The van der Waals surface area contributed by atoms with Gasteiger partial charge in [0.05, 0.1) is 6.61 Å². The van der Waals surface area contributed by atoms with E-state index in [1.807, 2.05) is 13.1 Å². The van der Waals surface area contributed by atoms with Gasteiger partial charge in [-0.25, -0.2) is 0 Å². The Hall–Kier alpha value is -1.79. The molecule has 1 saturated heterocycles. The molecule has 1 aromatic carbocycles. The second-order valence-corrected chi connectivity index (χ2v) is 7.59. The maximum absolute atomic E-state index is 10.4. The number of phenols is 1. The van der Waals surface area contributed by atoms with Crippen LogP contribution in [0.1, 0.15) is 42.4 Å². The van der Waals surface area contributed by atoms with Crippen molar-refractivity contribution in [2.24, 2.45) is 4.99 Å². The molecule has 0 amide bonds. The van der Waals surface area contributed by atoms with Crippen LogP contribution in [0, 0.1) is 0 Å². The number of phenolic OH excluding ortho intramolecular Hbond substituents is 1. The van der Waals surface area contributed by atoms with Gasteiger partial charge in [0, 0.05) is 51.9 Å². The number of methoxy groups -OCH3 is 1. The Kier molecular flexibility index (Phi) is 7.35. The molecule has 1 fully saturated rings. The molecule has 0 unspecified atom stereocenters. The van der Waals surface area contributed by atoms with Crippen molar-refractivity contribution in [1.29, 1.82) is 0 Å². The van der Waals surface area contributed by atoms with Gasteiger partial charge in [0.1, 0.15) is 5.75 Å². The summed E-state index contributed by atoms with van der Waals surface area (Å²) in [6, 6.07) is 4.36. The number of nitrogens with zero attached hydrogens (tertiary/aromatic N) is 2. The number of ether oxygens (including phenoxy) is 1. The monoisotopic (exact) mass is 374 g/mol. The predicted molar refractivity (Wildman–Crippen MR) is 109 cm³/mol. The van der Waals surface area contributed by atoms with Crippen molar-refractivity contribution in [3.8, 4) is 5.75 Å². The van der Waals surface area contributed by atoms with E-state index in [0.29, 0.717) is 18.3 Å². The van der Waals surface area contributed by atoms with E-state index in [1.54, 1.807) is 7.11 Å². The van der Waals surface area contributed by atoms with E-state index < -0.39 is 0 Å². The van der Waals surface area contributed by atoms with Crippen LogP contribution in [0.4, 0.5) is 0 Å². The summed E-state index contributed by atoms with van der Waals surface area (Å²) in [5, 5.41) is 17.3. The van der Waals surface area contributed by atoms with Crippen LogP contribution in [0.5, 0.6) is 5.75 Å². The van der Waals surface area contributed by atoms with E-state index in [-0.39, 0.29) is 0 Å². The molecule has 27 heavy (non-hydrogen) atoms. The molecule has 2 aliphatic rings. The summed E-state index contributed by atoms with van der Waals surface area (Å²) in [6.45, 7) is 4.60. The Bertz CT molecular complexity index is 639. The largest absolute Gasteiger partial charge is 0.508 e. The van der Waals surface area contributed by atoms with E-state index >= 15 is 0 Å². The Morgan fingerprint density at radius 3 is 2.78 bits per heavy atom. The maximum atomic E-state index is 10.4. The number of fused-ring (bicyclic) bond motifs is 1. The average Bonchev–Trinajstić information content (AvgIpc) is 2.71. The SMILES string of the molecule is CN=C(NCc1c(O)ccc2c1CCCC2)NC1CCN(CCOC)CC1. The number of piperidine rings is 1. The third kappa shape index (κ3) is 5.36. The van der Waals surface area contributed by atoms with Crippen LogP contribution >= 0.6 is 0 Å². The van der Waals surface area contributed by atoms with Crippen molar-refractivity contribution in [3.63, 3.8) is 0 Å². The van der Waals surface area contributed by atoms with Crippen LogP contribution in [0.15, 0.2) is 17.1 Å². The highest BCUT2D eigenvalue weighted by Gasteiger charge is 2.20. The average molecular weight is 375 g/mol. The first-order valence-corrected chi connectivity index (χ1v) is 10.2. The Morgan fingerprint density at radius 1 is 1.26 bits per heavy atom. The molecule has 0 bridgehead atoms. The Labute approximate surface area is 163 Å². The molecule has 3 rings (SSSR count). The number of aromatic hydroxyl groups is 1. The molecule has 150 valence electrons. The number of hydrogen-bond acceptors (Lipinski definition) is 4. The first-order chi connectivity index (χ1) is 13.2. The summed E-state index contributed by atoms with van der Waals surface area (Å²) in [5.41, 5.74) is 3.75. The normalized spacial score (nSPS) is 19.0. The van der Waals surface area contributed by atoms with Gasteiger partial charge in [-0.2, -0.15) is 0 Å². The zero-order chi connectivity index (χ0) is 19.1. The molecule has 1 aliphatic heterocycles.